The van der Waals surface area contributed by atoms with E-state index in [1.165, 1.54) is 59.9 Å². The number of aryl methyl sites for hydroxylation is 1. The molecule has 0 N–H and O–H groups in total. The second-order valence-corrected chi connectivity index (χ2v) is 10.1. The highest BCUT2D eigenvalue weighted by atomic mass is 32.1. The van der Waals surface area contributed by atoms with Gasteiger partial charge in [-0.25, -0.2) is 4.98 Å². The number of likely N-dealkylation sites (tertiary alicyclic amines) is 1. The lowest BCUT2D eigenvalue weighted by molar-refractivity contribution is 0.0713. The van der Waals surface area contributed by atoms with Crippen molar-refractivity contribution < 1.29 is 4.79 Å². The maximum Gasteiger partial charge on any atom is 0.253 e. The summed E-state index contributed by atoms with van der Waals surface area (Å²) in [4.78, 5) is 24.1. The third-order valence-corrected chi connectivity index (χ3v) is 8.40. The smallest absolute Gasteiger partial charge is 0.253 e. The van der Waals surface area contributed by atoms with Gasteiger partial charge in [0.05, 0.1) is 10.7 Å². The first-order valence-electron chi connectivity index (χ1n) is 11.3. The molecule has 0 radical (unpaired) electrons. The molecule has 1 saturated heterocycles. The van der Waals surface area contributed by atoms with Gasteiger partial charge in [0.15, 0.2) is 0 Å². The van der Waals surface area contributed by atoms with Crippen LogP contribution in [0.5, 0.6) is 0 Å². The molecule has 3 aliphatic rings. The van der Waals surface area contributed by atoms with Crippen molar-refractivity contribution in [3.63, 3.8) is 0 Å². The van der Waals surface area contributed by atoms with Crippen LogP contribution in [-0.4, -0.2) is 52.9 Å². The van der Waals surface area contributed by atoms with Crippen LogP contribution in [-0.2, 0) is 12.8 Å². The van der Waals surface area contributed by atoms with E-state index in [2.05, 4.69) is 11.8 Å². The van der Waals surface area contributed by atoms with E-state index >= 15 is 0 Å². The number of hydrogen-bond acceptors (Lipinski definition) is 4. The van der Waals surface area contributed by atoms with Gasteiger partial charge in [-0.3, -0.25) is 9.69 Å². The molecule has 0 spiro atoms. The van der Waals surface area contributed by atoms with Gasteiger partial charge in [-0.2, -0.15) is 0 Å². The van der Waals surface area contributed by atoms with Gasteiger partial charge in [0.25, 0.3) is 5.91 Å². The van der Waals surface area contributed by atoms with E-state index < -0.39 is 0 Å². The zero-order valence-electron chi connectivity index (χ0n) is 17.4. The Labute approximate surface area is 177 Å². The second-order valence-electron chi connectivity index (χ2n) is 8.98. The fourth-order valence-electron chi connectivity index (χ4n) is 4.90. The number of hydrogen-bond donors (Lipinski definition) is 0. The first kappa shape index (κ1) is 19.3. The van der Waals surface area contributed by atoms with Crippen molar-refractivity contribution in [2.24, 2.45) is 0 Å². The van der Waals surface area contributed by atoms with Gasteiger partial charge in [-0.15, -0.1) is 11.3 Å². The summed E-state index contributed by atoms with van der Waals surface area (Å²) in [6.45, 7) is 6.14. The highest BCUT2D eigenvalue weighted by molar-refractivity contribution is 7.11. The number of carbonyl (C=O) groups is 1. The van der Waals surface area contributed by atoms with Crippen LogP contribution in [0.2, 0.25) is 0 Å². The highest BCUT2D eigenvalue weighted by Gasteiger charge is 2.30. The average molecular weight is 410 g/mol. The van der Waals surface area contributed by atoms with Crippen molar-refractivity contribution in [2.45, 2.75) is 63.8 Å². The minimum atomic E-state index is 0.175. The summed E-state index contributed by atoms with van der Waals surface area (Å²) >= 11 is 1.96. The van der Waals surface area contributed by atoms with Gasteiger partial charge in [0, 0.05) is 55.0 Å². The van der Waals surface area contributed by atoms with E-state index in [-0.39, 0.29) is 5.91 Å². The molecule has 154 valence electrons. The predicted molar refractivity (Wildman–Crippen MR) is 118 cm³/mol. The third-order valence-electron chi connectivity index (χ3n) is 7.08. The second kappa shape index (κ2) is 8.19. The van der Waals surface area contributed by atoms with Crippen molar-refractivity contribution >= 4 is 17.2 Å². The van der Waals surface area contributed by atoms with Gasteiger partial charge in [-0.1, -0.05) is 24.1 Å². The van der Waals surface area contributed by atoms with Crippen molar-refractivity contribution in [3.05, 3.63) is 51.0 Å². The predicted octanol–water partition coefficient (Wildman–Crippen LogP) is 4.42. The largest absolute Gasteiger partial charge is 0.339 e. The number of aromatic nitrogens is 1. The Morgan fingerprint density at radius 1 is 1.00 bits per heavy atom. The number of carbonyl (C=O) groups excluding carboxylic acids is 1. The molecule has 5 rings (SSSR count). The van der Waals surface area contributed by atoms with Crippen LogP contribution < -0.4 is 0 Å². The molecule has 4 nitrogen and oxygen atoms in total. The van der Waals surface area contributed by atoms with Crippen LogP contribution in [0.3, 0.4) is 0 Å². The van der Waals surface area contributed by atoms with E-state index in [1.807, 2.05) is 40.5 Å². The van der Waals surface area contributed by atoms with Crippen LogP contribution in [0.15, 0.2) is 24.3 Å². The minimum absolute atomic E-state index is 0.175. The van der Waals surface area contributed by atoms with Crippen LogP contribution >= 0.6 is 11.3 Å². The quantitative estimate of drug-likeness (QED) is 0.753. The van der Waals surface area contributed by atoms with Gasteiger partial charge in [-0.05, 0) is 51.2 Å². The molecule has 2 fully saturated rings. The number of piperidine rings is 1. The van der Waals surface area contributed by atoms with Crippen molar-refractivity contribution in [2.75, 3.05) is 26.2 Å². The normalized spacial score (nSPS) is 21.5. The molecule has 0 unspecified atom stereocenters. The van der Waals surface area contributed by atoms with E-state index in [0.29, 0.717) is 5.92 Å². The van der Waals surface area contributed by atoms with E-state index in [4.69, 9.17) is 4.98 Å². The number of thiazole rings is 1. The Hall–Kier alpha value is -1.72. The van der Waals surface area contributed by atoms with Crippen molar-refractivity contribution in [3.8, 4) is 0 Å². The van der Waals surface area contributed by atoms with Gasteiger partial charge in [0.2, 0.25) is 0 Å². The highest BCUT2D eigenvalue weighted by Crippen LogP contribution is 2.35. The Morgan fingerprint density at radius 3 is 2.41 bits per heavy atom. The summed E-state index contributed by atoms with van der Waals surface area (Å²) in [5, 5.41) is 1.33. The van der Waals surface area contributed by atoms with Crippen LogP contribution in [0.1, 0.15) is 69.5 Å². The maximum atomic E-state index is 12.8. The van der Waals surface area contributed by atoms with E-state index in [0.717, 1.165) is 44.0 Å². The summed E-state index contributed by atoms with van der Waals surface area (Å²) in [5.74, 6) is 0.700. The molecule has 3 heterocycles. The fraction of sp³-hybridized carbons (Fsp3) is 0.583. The Morgan fingerprint density at radius 2 is 1.72 bits per heavy atom. The number of fused-ring (bicyclic) bond motifs is 1. The zero-order valence-corrected chi connectivity index (χ0v) is 18.2. The van der Waals surface area contributed by atoms with Crippen molar-refractivity contribution in [1.82, 2.24) is 14.8 Å². The molecule has 2 aliphatic heterocycles. The molecule has 1 aromatic carbocycles. The summed E-state index contributed by atoms with van der Waals surface area (Å²) in [7, 11) is 0. The topological polar surface area (TPSA) is 36.4 Å². The summed E-state index contributed by atoms with van der Waals surface area (Å²) < 4.78 is 0. The number of amides is 1. The third kappa shape index (κ3) is 3.99. The molecule has 29 heavy (non-hydrogen) atoms. The molecular formula is C24H31N3OS. The zero-order chi connectivity index (χ0) is 19.8. The Kier molecular flexibility index (Phi) is 5.44. The molecule has 1 saturated carbocycles. The Bertz CT molecular complexity index is 837. The monoisotopic (exact) mass is 409 g/mol. The first-order valence-corrected chi connectivity index (χ1v) is 12.1. The molecule has 1 aromatic heterocycles. The lowest BCUT2D eigenvalue weighted by Crippen LogP contribution is -2.41. The SMILES string of the molecule is Cc1ccc(C(=O)N2CCC(c3nc4c(s3)CCN(C3CCC3)CC4)CC2)cc1. The summed E-state index contributed by atoms with van der Waals surface area (Å²) in [5.41, 5.74) is 3.37. The molecular weight excluding hydrogens is 378 g/mol. The molecule has 1 amide bonds. The summed E-state index contributed by atoms with van der Waals surface area (Å²) in [6.07, 6.45) is 8.58. The first-order chi connectivity index (χ1) is 14.2. The maximum absolute atomic E-state index is 12.8. The minimum Gasteiger partial charge on any atom is -0.339 e. The van der Waals surface area contributed by atoms with Crippen LogP contribution in [0.4, 0.5) is 0 Å². The number of rotatable bonds is 3. The summed E-state index contributed by atoms with van der Waals surface area (Å²) in [6, 6.07) is 8.80. The van der Waals surface area contributed by atoms with Gasteiger partial charge < -0.3 is 4.90 Å². The fourth-order valence-corrected chi connectivity index (χ4v) is 6.17. The molecule has 1 aliphatic carbocycles. The van der Waals surface area contributed by atoms with Crippen LogP contribution in [0, 0.1) is 6.92 Å². The van der Waals surface area contributed by atoms with E-state index in [9.17, 15) is 4.79 Å². The number of benzene rings is 1. The lowest BCUT2D eigenvalue weighted by atomic mass is 9.91. The van der Waals surface area contributed by atoms with E-state index in [1.54, 1.807) is 0 Å². The van der Waals surface area contributed by atoms with Crippen LogP contribution in [0.25, 0.3) is 0 Å². The van der Waals surface area contributed by atoms with Crippen molar-refractivity contribution in [1.29, 1.82) is 0 Å². The lowest BCUT2D eigenvalue weighted by Gasteiger charge is -2.36. The van der Waals surface area contributed by atoms with Gasteiger partial charge in [0.1, 0.15) is 0 Å². The Balaban J connectivity index is 1.19. The molecule has 5 heteroatoms. The van der Waals surface area contributed by atoms with Gasteiger partial charge >= 0.3 is 0 Å². The molecule has 2 aromatic rings. The number of nitrogens with zero attached hydrogens (tertiary/aromatic N) is 3. The molecule has 0 bridgehead atoms. The average Bonchev–Trinajstić information content (AvgIpc) is 3.02. The standard InChI is InChI=1S/C24H31N3OS/c1-17-5-7-19(8-6-17)24(28)27-13-9-18(10-14-27)23-25-21-11-15-26(20-3-2-4-20)16-12-22(21)29-23/h5-8,18,20H,2-4,9-16H2,1H3. The molecule has 0 atom stereocenters.